The molecule has 154 valence electrons. The minimum absolute atomic E-state index is 0.124. The predicted molar refractivity (Wildman–Crippen MR) is 113 cm³/mol. The summed E-state index contributed by atoms with van der Waals surface area (Å²) >= 11 is 7.25. The van der Waals surface area contributed by atoms with E-state index in [0.29, 0.717) is 40.1 Å². The van der Waals surface area contributed by atoms with Crippen LogP contribution >= 0.6 is 22.9 Å². The number of hydrogen-bond acceptors (Lipinski definition) is 6. The number of furan rings is 1. The first-order chi connectivity index (χ1) is 14.5. The van der Waals surface area contributed by atoms with Gasteiger partial charge in [0.05, 0.1) is 22.8 Å². The van der Waals surface area contributed by atoms with Crippen LogP contribution in [0.5, 0.6) is 0 Å². The van der Waals surface area contributed by atoms with Gasteiger partial charge in [0.1, 0.15) is 0 Å². The quantitative estimate of drug-likeness (QED) is 0.604. The van der Waals surface area contributed by atoms with E-state index in [1.54, 1.807) is 6.07 Å². The molecule has 0 spiro atoms. The molecule has 0 radical (unpaired) electrons. The number of halogens is 1. The van der Waals surface area contributed by atoms with Crippen LogP contribution in [0.15, 0.2) is 47.1 Å². The molecule has 2 aromatic heterocycles. The normalized spacial score (nSPS) is 15.5. The number of nitrogens with zero attached hydrogens (tertiary/aromatic N) is 1. The van der Waals surface area contributed by atoms with Crippen molar-refractivity contribution < 1.29 is 18.8 Å². The molecule has 0 saturated heterocycles. The van der Waals surface area contributed by atoms with Gasteiger partial charge in [0, 0.05) is 24.4 Å². The predicted octanol–water partition coefficient (Wildman–Crippen LogP) is 3.75. The van der Waals surface area contributed by atoms with Gasteiger partial charge < -0.3 is 9.73 Å². The Morgan fingerprint density at radius 1 is 1.20 bits per heavy atom. The third-order valence-electron chi connectivity index (χ3n) is 4.81. The Hall–Kier alpha value is -2.97. The molecule has 0 unspecified atom stereocenters. The fourth-order valence-electron chi connectivity index (χ4n) is 3.30. The van der Waals surface area contributed by atoms with Crippen molar-refractivity contribution in [2.75, 3.05) is 11.9 Å². The summed E-state index contributed by atoms with van der Waals surface area (Å²) in [6.07, 6.45) is 2.49. The van der Waals surface area contributed by atoms with Crippen molar-refractivity contribution >= 4 is 45.7 Å². The van der Waals surface area contributed by atoms with E-state index < -0.39 is 11.8 Å². The van der Waals surface area contributed by atoms with Crippen molar-refractivity contribution in [1.29, 1.82) is 0 Å². The van der Waals surface area contributed by atoms with E-state index in [9.17, 15) is 14.4 Å². The lowest BCUT2D eigenvalue weighted by Gasteiger charge is -2.19. The first-order valence-electron chi connectivity index (χ1n) is 9.40. The number of nitrogens with one attached hydrogen (secondary N) is 2. The smallest absolute Gasteiger partial charge is 0.293 e. The minimum Gasteiger partial charge on any atom is -0.459 e. The van der Waals surface area contributed by atoms with Crippen LogP contribution in [0, 0.1) is 5.92 Å². The summed E-state index contributed by atoms with van der Waals surface area (Å²) in [6, 6.07) is 10.6. The Labute approximate surface area is 181 Å². The van der Waals surface area contributed by atoms with Crippen molar-refractivity contribution in [2.45, 2.75) is 19.3 Å². The summed E-state index contributed by atoms with van der Waals surface area (Å²) in [5.41, 5.74) is 1.50. The van der Waals surface area contributed by atoms with Gasteiger partial charge >= 0.3 is 0 Å². The van der Waals surface area contributed by atoms with Crippen molar-refractivity contribution in [2.24, 2.45) is 5.92 Å². The average Bonchev–Trinajstić information content (AvgIpc) is 3.39. The van der Waals surface area contributed by atoms with E-state index in [2.05, 4.69) is 15.6 Å². The maximum atomic E-state index is 12.6. The van der Waals surface area contributed by atoms with E-state index in [0.717, 1.165) is 16.9 Å². The van der Waals surface area contributed by atoms with Gasteiger partial charge in [-0.1, -0.05) is 41.1 Å². The average molecular weight is 444 g/mol. The second kappa shape index (κ2) is 8.81. The molecule has 0 aliphatic heterocycles. The monoisotopic (exact) mass is 443 g/mol. The molecular weight excluding hydrogens is 426 g/mol. The van der Waals surface area contributed by atoms with Gasteiger partial charge in [-0.3, -0.25) is 19.7 Å². The van der Waals surface area contributed by atoms with E-state index in [-0.39, 0.29) is 23.9 Å². The lowest BCUT2D eigenvalue weighted by atomic mass is 9.89. The Kier molecular flexibility index (Phi) is 5.96. The van der Waals surface area contributed by atoms with Gasteiger partial charge in [-0.2, -0.15) is 0 Å². The molecule has 1 atom stereocenters. The lowest BCUT2D eigenvalue weighted by Crippen LogP contribution is -2.36. The van der Waals surface area contributed by atoms with E-state index in [1.165, 1.54) is 12.3 Å². The second-order valence-corrected chi connectivity index (χ2v) is 8.29. The topological polar surface area (TPSA) is 101 Å². The van der Waals surface area contributed by atoms with Crippen LogP contribution in [-0.4, -0.2) is 29.1 Å². The van der Waals surface area contributed by atoms with Crippen LogP contribution in [0.25, 0.3) is 0 Å². The van der Waals surface area contributed by atoms with Crippen LogP contribution in [0.3, 0.4) is 0 Å². The first-order valence-corrected chi connectivity index (χ1v) is 10.6. The summed E-state index contributed by atoms with van der Waals surface area (Å²) in [7, 11) is 0. The molecule has 2 N–H and O–H groups in total. The zero-order valence-corrected chi connectivity index (χ0v) is 17.4. The number of rotatable bonds is 6. The van der Waals surface area contributed by atoms with Crippen LogP contribution in [-0.2, 0) is 17.6 Å². The second-order valence-electron chi connectivity index (χ2n) is 6.89. The van der Waals surface area contributed by atoms with Gasteiger partial charge in [0.15, 0.2) is 16.7 Å². The first kappa shape index (κ1) is 20.3. The Morgan fingerprint density at radius 3 is 2.80 bits per heavy atom. The maximum absolute atomic E-state index is 12.6. The molecule has 2 amide bonds. The molecule has 2 heterocycles. The molecule has 9 heteroatoms. The SMILES string of the molecule is O=C(Nc1nc2c(s1)C(=O)C[C@H](C(=O)NCCc1ccccc1Cl)C2)c1ccco1. The highest BCUT2D eigenvalue weighted by atomic mass is 35.5. The van der Waals surface area contributed by atoms with Gasteiger partial charge in [-0.25, -0.2) is 4.98 Å². The zero-order chi connectivity index (χ0) is 21.1. The lowest BCUT2D eigenvalue weighted by molar-refractivity contribution is -0.125. The number of aromatic nitrogens is 1. The number of thiazole rings is 1. The third kappa shape index (κ3) is 4.44. The number of amides is 2. The van der Waals surface area contributed by atoms with Gasteiger partial charge in [0.25, 0.3) is 5.91 Å². The maximum Gasteiger partial charge on any atom is 0.293 e. The van der Waals surface area contributed by atoms with Gasteiger partial charge in [-0.05, 0) is 30.2 Å². The number of Topliss-reactive ketones (excluding diaryl/α,β-unsaturated/α-hetero) is 1. The number of hydrogen-bond donors (Lipinski definition) is 2. The molecule has 0 saturated carbocycles. The number of anilines is 1. The van der Waals surface area contributed by atoms with Crippen molar-refractivity contribution in [3.63, 3.8) is 0 Å². The van der Waals surface area contributed by atoms with E-state index in [4.69, 9.17) is 16.0 Å². The van der Waals surface area contributed by atoms with Gasteiger partial charge in [0.2, 0.25) is 5.91 Å². The molecule has 0 fully saturated rings. The highest BCUT2D eigenvalue weighted by molar-refractivity contribution is 7.17. The van der Waals surface area contributed by atoms with Crippen LogP contribution in [0.1, 0.15) is 37.9 Å². The molecule has 0 bridgehead atoms. The van der Waals surface area contributed by atoms with Crippen molar-refractivity contribution in [3.05, 3.63) is 69.6 Å². The number of ketones is 1. The third-order valence-corrected chi connectivity index (χ3v) is 6.23. The molecule has 1 aliphatic rings. The summed E-state index contributed by atoms with van der Waals surface area (Å²) in [5, 5.41) is 6.49. The summed E-state index contributed by atoms with van der Waals surface area (Å²) in [5.74, 6) is -1.08. The fraction of sp³-hybridized carbons (Fsp3) is 0.238. The summed E-state index contributed by atoms with van der Waals surface area (Å²) in [6.45, 7) is 0.432. The molecule has 3 aromatic rings. The number of carbonyl (C=O) groups is 3. The van der Waals surface area contributed by atoms with Gasteiger partial charge in [-0.15, -0.1) is 0 Å². The molecule has 1 aromatic carbocycles. The standard InChI is InChI=1S/C21H18ClN3O4S/c22-14-5-2-1-4-12(14)7-8-23-19(27)13-10-15-18(16(26)11-13)30-21(24-15)25-20(28)17-6-3-9-29-17/h1-6,9,13H,7-8,10-11H2,(H,23,27)(H,24,25,28)/t13-/m1/s1. The molecule has 1 aliphatic carbocycles. The molecule has 30 heavy (non-hydrogen) atoms. The zero-order valence-electron chi connectivity index (χ0n) is 15.8. The highest BCUT2D eigenvalue weighted by Gasteiger charge is 2.33. The molecule has 4 rings (SSSR count). The van der Waals surface area contributed by atoms with E-state index >= 15 is 0 Å². The van der Waals surface area contributed by atoms with Crippen LogP contribution < -0.4 is 10.6 Å². The Bertz CT molecular complexity index is 1090. The number of benzene rings is 1. The largest absolute Gasteiger partial charge is 0.459 e. The minimum atomic E-state index is -0.480. The van der Waals surface area contributed by atoms with E-state index in [1.807, 2.05) is 24.3 Å². The van der Waals surface area contributed by atoms with Crippen molar-refractivity contribution in [3.8, 4) is 0 Å². The van der Waals surface area contributed by atoms with Crippen LogP contribution in [0.2, 0.25) is 5.02 Å². The number of carbonyl (C=O) groups excluding carboxylic acids is 3. The Morgan fingerprint density at radius 2 is 2.03 bits per heavy atom. The Balaban J connectivity index is 1.36. The molecule has 7 nitrogen and oxygen atoms in total. The summed E-state index contributed by atoms with van der Waals surface area (Å²) in [4.78, 5) is 42.0. The fourth-order valence-corrected chi connectivity index (χ4v) is 4.47. The summed E-state index contributed by atoms with van der Waals surface area (Å²) < 4.78 is 5.05. The number of fused-ring (bicyclic) bond motifs is 1. The van der Waals surface area contributed by atoms with Crippen molar-refractivity contribution in [1.82, 2.24) is 10.3 Å². The highest BCUT2D eigenvalue weighted by Crippen LogP contribution is 2.32. The van der Waals surface area contributed by atoms with Crippen LogP contribution in [0.4, 0.5) is 5.13 Å². The molecular formula is C21H18ClN3O4S.